The quantitative estimate of drug-likeness (QED) is 0.552. The molecule has 0 heterocycles. The molecule has 0 amide bonds. The maximum atomic E-state index is 12.2. The Morgan fingerprint density at radius 1 is 1.40 bits per heavy atom. The van der Waals surface area contributed by atoms with E-state index in [2.05, 4.69) is 6.92 Å². The van der Waals surface area contributed by atoms with Gasteiger partial charge in [0.2, 0.25) is 0 Å². The zero-order valence-corrected chi connectivity index (χ0v) is 5.58. The number of hydrogen-bond donors (Lipinski definition) is 0. The molecule has 0 aromatic rings. The summed E-state index contributed by atoms with van der Waals surface area (Å²) in [5, 5.41) is 0. The van der Waals surface area contributed by atoms with Gasteiger partial charge in [-0.2, -0.15) is 0 Å². The number of halogens is 4. The van der Waals surface area contributed by atoms with Crippen LogP contribution in [0.1, 0.15) is 13.3 Å². The average molecular weight is 157 g/mol. The van der Waals surface area contributed by atoms with Crippen molar-refractivity contribution in [1.82, 2.24) is 0 Å². The molecule has 0 saturated heterocycles. The molecule has 4 heteroatoms. The Kier molecular flexibility index (Phi) is 3.12. The van der Waals surface area contributed by atoms with Crippen LogP contribution in [0.2, 0.25) is 0 Å². The van der Waals surface area contributed by atoms with Crippen molar-refractivity contribution < 1.29 is 17.6 Å². The molecule has 1 radical (unpaired) electrons. The molecule has 0 N–H and O–H groups in total. The van der Waals surface area contributed by atoms with Crippen molar-refractivity contribution >= 4 is 0 Å². The van der Waals surface area contributed by atoms with Gasteiger partial charge in [-0.3, -0.25) is 0 Å². The predicted molar refractivity (Wildman–Crippen MR) is 30.4 cm³/mol. The fraction of sp³-hybridized carbons (Fsp3) is 0.833. The molecule has 0 rings (SSSR count). The van der Waals surface area contributed by atoms with Crippen molar-refractivity contribution in [2.24, 2.45) is 0 Å². The molecule has 10 heavy (non-hydrogen) atoms. The summed E-state index contributed by atoms with van der Waals surface area (Å²) in [6.07, 6.45) is -5.54. The summed E-state index contributed by atoms with van der Waals surface area (Å²) in [5.41, 5.74) is 0. The third-order valence-electron chi connectivity index (χ3n) is 1.20. The molecule has 0 fully saturated rings. The maximum Gasteiger partial charge on any atom is 0.308 e. The fourth-order valence-corrected chi connectivity index (χ4v) is 0.442. The van der Waals surface area contributed by atoms with Gasteiger partial charge in [0.1, 0.15) is 0 Å². The highest BCUT2D eigenvalue weighted by Gasteiger charge is 2.44. The smallest absolute Gasteiger partial charge is 0.241 e. The summed E-state index contributed by atoms with van der Waals surface area (Å²) in [5.74, 6) is -3.89. The molecule has 0 spiro atoms. The normalized spacial score (nSPS) is 18.6. The van der Waals surface area contributed by atoms with Crippen molar-refractivity contribution in [2.75, 3.05) is 0 Å². The van der Waals surface area contributed by atoms with E-state index in [0.29, 0.717) is 6.92 Å². The van der Waals surface area contributed by atoms with Gasteiger partial charge in [0.05, 0.1) is 0 Å². The zero-order chi connectivity index (χ0) is 8.36. The van der Waals surface area contributed by atoms with Crippen molar-refractivity contribution in [2.45, 2.75) is 31.6 Å². The summed E-state index contributed by atoms with van der Waals surface area (Å²) in [7, 11) is 0. The van der Waals surface area contributed by atoms with Gasteiger partial charge in [-0.15, -0.1) is 0 Å². The topological polar surface area (TPSA) is 0 Å². The molecule has 0 nitrogen and oxygen atoms in total. The summed E-state index contributed by atoms with van der Waals surface area (Å²) < 4.78 is 48.3. The Balaban J connectivity index is 4.09. The third-order valence-corrected chi connectivity index (χ3v) is 1.20. The Morgan fingerprint density at radius 3 is 1.90 bits per heavy atom. The second-order valence-electron chi connectivity index (χ2n) is 2.05. The van der Waals surface area contributed by atoms with Crippen molar-refractivity contribution in [1.29, 1.82) is 0 Å². The monoisotopic (exact) mass is 157 g/mol. The highest BCUT2D eigenvalue weighted by molar-refractivity contribution is 4.82. The lowest BCUT2D eigenvalue weighted by Gasteiger charge is -2.20. The largest absolute Gasteiger partial charge is 0.308 e. The second kappa shape index (κ2) is 3.21. The van der Waals surface area contributed by atoms with Crippen molar-refractivity contribution in [3.8, 4) is 0 Å². The average Bonchev–Trinajstić information content (AvgIpc) is 1.86. The molecule has 1 unspecified atom stereocenters. The van der Waals surface area contributed by atoms with Gasteiger partial charge in [-0.1, -0.05) is 6.92 Å². The summed E-state index contributed by atoms with van der Waals surface area (Å²) in [6, 6.07) is 0. The lowest BCUT2D eigenvalue weighted by atomic mass is 10.1. The maximum absolute atomic E-state index is 12.2. The van der Waals surface area contributed by atoms with Crippen molar-refractivity contribution in [3.63, 3.8) is 0 Å². The van der Waals surface area contributed by atoms with Gasteiger partial charge in [-0.25, -0.2) is 17.6 Å². The number of alkyl halides is 4. The first-order chi connectivity index (χ1) is 4.42. The van der Waals surface area contributed by atoms with Gasteiger partial charge >= 0.3 is 5.92 Å². The molecular weight excluding hydrogens is 148 g/mol. The Labute approximate surface area is 57.2 Å². The van der Waals surface area contributed by atoms with E-state index in [1.54, 1.807) is 0 Å². The van der Waals surface area contributed by atoms with Crippen LogP contribution in [0.15, 0.2) is 0 Å². The standard InChI is InChI=1S/C6H9F4/c1-3-5(8)6(9,10)4(2)7/h4-5H,1,3H2,2H3/t4?,5-/m0/s1. The minimum atomic E-state index is -3.89. The second-order valence-corrected chi connectivity index (χ2v) is 2.05. The summed E-state index contributed by atoms with van der Waals surface area (Å²) in [6.45, 7) is 3.54. The van der Waals surface area contributed by atoms with Gasteiger partial charge in [-0.05, 0) is 13.3 Å². The van der Waals surface area contributed by atoms with E-state index in [4.69, 9.17) is 0 Å². The van der Waals surface area contributed by atoms with E-state index < -0.39 is 24.7 Å². The number of hydrogen-bond acceptors (Lipinski definition) is 0. The van der Waals surface area contributed by atoms with Gasteiger partial charge in [0.15, 0.2) is 12.3 Å². The first-order valence-corrected chi connectivity index (χ1v) is 2.88. The van der Waals surface area contributed by atoms with Crippen LogP contribution in [0.25, 0.3) is 0 Å². The van der Waals surface area contributed by atoms with E-state index >= 15 is 0 Å². The molecule has 0 aliphatic rings. The molecule has 0 saturated carbocycles. The first-order valence-electron chi connectivity index (χ1n) is 2.88. The lowest BCUT2D eigenvalue weighted by molar-refractivity contribution is -0.120. The SMILES string of the molecule is [CH2]C[C@H](F)C(F)(F)C(C)F. The molecular formula is C6H9F4. The number of rotatable bonds is 3. The van der Waals surface area contributed by atoms with Crippen LogP contribution in [0.4, 0.5) is 17.6 Å². The third kappa shape index (κ3) is 1.85. The van der Waals surface area contributed by atoms with E-state index in [-0.39, 0.29) is 0 Å². The van der Waals surface area contributed by atoms with Crippen molar-refractivity contribution in [3.05, 3.63) is 6.92 Å². The summed E-state index contributed by atoms with van der Waals surface area (Å²) >= 11 is 0. The van der Waals surface area contributed by atoms with Gasteiger partial charge < -0.3 is 0 Å². The van der Waals surface area contributed by atoms with Gasteiger partial charge in [0.25, 0.3) is 0 Å². The van der Waals surface area contributed by atoms with E-state index in [0.717, 1.165) is 0 Å². The zero-order valence-electron chi connectivity index (χ0n) is 5.58. The predicted octanol–water partition coefficient (Wildman–Crippen LogP) is 2.54. The highest BCUT2D eigenvalue weighted by atomic mass is 19.3. The molecule has 0 aliphatic heterocycles. The minimum absolute atomic E-state index is 0.610. The van der Waals surface area contributed by atoms with Crippen LogP contribution in [-0.4, -0.2) is 18.3 Å². The molecule has 0 aliphatic carbocycles. The molecule has 0 aromatic carbocycles. The highest BCUT2D eigenvalue weighted by Crippen LogP contribution is 2.29. The Hall–Kier alpha value is -0.280. The van der Waals surface area contributed by atoms with Crippen LogP contribution >= 0.6 is 0 Å². The van der Waals surface area contributed by atoms with Crippen LogP contribution in [-0.2, 0) is 0 Å². The summed E-state index contributed by atoms with van der Waals surface area (Å²) in [4.78, 5) is 0. The molecule has 0 aromatic heterocycles. The van der Waals surface area contributed by atoms with Crippen LogP contribution in [0.5, 0.6) is 0 Å². The molecule has 2 atom stereocenters. The van der Waals surface area contributed by atoms with Crippen LogP contribution < -0.4 is 0 Å². The molecule has 0 bridgehead atoms. The molecule has 61 valence electrons. The minimum Gasteiger partial charge on any atom is -0.241 e. The van der Waals surface area contributed by atoms with Crippen LogP contribution in [0, 0.1) is 6.92 Å². The Morgan fingerprint density at radius 2 is 1.80 bits per heavy atom. The van der Waals surface area contributed by atoms with E-state index in [1.807, 2.05) is 0 Å². The lowest BCUT2D eigenvalue weighted by Crippen LogP contribution is -2.37. The van der Waals surface area contributed by atoms with E-state index in [1.165, 1.54) is 0 Å². The van der Waals surface area contributed by atoms with Crippen LogP contribution in [0.3, 0.4) is 0 Å². The van der Waals surface area contributed by atoms with Gasteiger partial charge in [0, 0.05) is 0 Å². The Bertz CT molecular complexity index is 99.9. The fourth-order valence-electron chi connectivity index (χ4n) is 0.442. The van der Waals surface area contributed by atoms with E-state index in [9.17, 15) is 17.6 Å². The first kappa shape index (κ1) is 9.72.